The van der Waals surface area contributed by atoms with E-state index in [9.17, 15) is 0 Å². The summed E-state index contributed by atoms with van der Waals surface area (Å²) in [7, 11) is 1.86. The molecule has 0 spiro atoms. The summed E-state index contributed by atoms with van der Waals surface area (Å²) in [5.41, 5.74) is 2.21. The molecule has 0 saturated carbocycles. The lowest BCUT2D eigenvalue weighted by Gasteiger charge is -2.10. The molecule has 0 radical (unpaired) electrons. The van der Waals surface area contributed by atoms with Gasteiger partial charge >= 0.3 is 0 Å². The first kappa shape index (κ1) is 13.3. The average molecular weight is 257 g/mol. The number of aromatic nitrogens is 3. The molecule has 0 amide bonds. The van der Waals surface area contributed by atoms with Crippen LogP contribution in [0.5, 0.6) is 0 Å². The highest BCUT2D eigenvalue weighted by Crippen LogP contribution is 2.13. The molecule has 0 aliphatic rings. The summed E-state index contributed by atoms with van der Waals surface area (Å²) in [6.45, 7) is 4.76. The van der Waals surface area contributed by atoms with Crippen molar-refractivity contribution < 1.29 is 0 Å². The van der Waals surface area contributed by atoms with E-state index in [1.807, 2.05) is 26.1 Å². The molecule has 2 heterocycles. The lowest BCUT2D eigenvalue weighted by molar-refractivity contribution is 0.926. The Balaban J connectivity index is 2.13. The molecule has 100 valence electrons. The lowest BCUT2D eigenvalue weighted by Crippen LogP contribution is -2.08. The zero-order valence-electron chi connectivity index (χ0n) is 11.6. The summed E-state index contributed by atoms with van der Waals surface area (Å²) >= 11 is 0. The van der Waals surface area contributed by atoms with Crippen molar-refractivity contribution in [2.45, 2.75) is 26.8 Å². The van der Waals surface area contributed by atoms with Crippen LogP contribution < -0.4 is 10.6 Å². The molecule has 0 fully saturated rings. The molecule has 5 heteroatoms. The lowest BCUT2D eigenvalue weighted by atomic mass is 10.2. The Kier molecular flexibility index (Phi) is 4.28. The zero-order valence-corrected chi connectivity index (χ0v) is 11.6. The highest BCUT2D eigenvalue weighted by molar-refractivity contribution is 5.47. The van der Waals surface area contributed by atoms with Crippen LogP contribution in [0.25, 0.3) is 0 Å². The molecular formula is C14H19N5. The number of anilines is 2. The largest absolute Gasteiger partial charge is 0.373 e. The van der Waals surface area contributed by atoms with Gasteiger partial charge in [0.2, 0.25) is 0 Å². The van der Waals surface area contributed by atoms with Crippen LogP contribution in [0.15, 0.2) is 24.4 Å². The summed E-state index contributed by atoms with van der Waals surface area (Å²) in [6, 6.07) is 5.90. The first-order chi connectivity index (χ1) is 9.22. The molecule has 0 saturated heterocycles. The number of pyridine rings is 1. The van der Waals surface area contributed by atoms with Gasteiger partial charge in [0.1, 0.15) is 17.5 Å². The van der Waals surface area contributed by atoms with Gasteiger partial charge in [-0.05, 0) is 18.6 Å². The summed E-state index contributed by atoms with van der Waals surface area (Å²) in [5.74, 6) is 2.47. The highest BCUT2D eigenvalue weighted by atomic mass is 15.1. The topological polar surface area (TPSA) is 62.7 Å². The minimum Gasteiger partial charge on any atom is -0.373 e. The minimum atomic E-state index is 0.663. The minimum absolute atomic E-state index is 0.663. The number of rotatable bonds is 5. The maximum absolute atomic E-state index is 4.45. The first-order valence-electron chi connectivity index (χ1n) is 6.43. The summed E-state index contributed by atoms with van der Waals surface area (Å²) in [4.78, 5) is 13.2. The van der Waals surface area contributed by atoms with Crippen molar-refractivity contribution in [2.24, 2.45) is 0 Å². The van der Waals surface area contributed by atoms with Gasteiger partial charge in [-0.25, -0.2) is 9.97 Å². The third-order valence-electron chi connectivity index (χ3n) is 2.90. The van der Waals surface area contributed by atoms with Crippen LogP contribution in [0, 0.1) is 6.92 Å². The molecule has 2 aromatic heterocycles. The predicted molar refractivity (Wildman–Crippen MR) is 77.3 cm³/mol. The van der Waals surface area contributed by atoms with Gasteiger partial charge < -0.3 is 10.6 Å². The second-order valence-electron chi connectivity index (χ2n) is 4.28. The molecule has 2 aromatic rings. The molecule has 0 aliphatic heterocycles. The molecule has 0 atom stereocenters. The van der Waals surface area contributed by atoms with Gasteiger partial charge in [-0.2, -0.15) is 0 Å². The number of aryl methyl sites for hydroxylation is 2. The quantitative estimate of drug-likeness (QED) is 0.861. The van der Waals surface area contributed by atoms with Gasteiger partial charge in [0, 0.05) is 25.7 Å². The Bertz CT molecular complexity index is 531. The van der Waals surface area contributed by atoms with Gasteiger partial charge in [0.25, 0.3) is 0 Å². The van der Waals surface area contributed by atoms with Crippen LogP contribution in [-0.2, 0) is 13.0 Å². The molecule has 0 unspecified atom stereocenters. The van der Waals surface area contributed by atoms with Gasteiger partial charge in [0.15, 0.2) is 0 Å². The van der Waals surface area contributed by atoms with E-state index in [-0.39, 0.29) is 0 Å². The van der Waals surface area contributed by atoms with Crippen LogP contribution >= 0.6 is 0 Å². The van der Waals surface area contributed by atoms with E-state index < -0.39 is 0 Å². The van der Waals surface area contributed by atoms with Crippen molar-refractivity contribution in [3.63, 3.8) is 0 Å². The molecular weight excluding hydrogens is 238 g/mol. The number of hydrogen-bond donors (Lipinski definition) is 2. The number of nitrogens with zero attached hydrogens (tertiary/aromatic N) is 3. The Morgan fingerprint density at radius 1 is 1.21 bits per heavy atom. The van der Waals surface area contributed by atoms with E-state index in [0.29, 0.717) is 6.54 Å². The Morgan fingerprint density at radius 3 is 2.68 bits per heavy atom. The first-order valence-corrected chi connectivity index (χ1v) is 6.43. The van der Waals surface area contributed by atoms with Crippen LogP contribution in [0.2, 0.25) is 0 Å². The Hall–Kier alpha value is -2.17. The normalized spacial score (nSPS) is 10.3. The molecule has 0 aromatic carbocycles. The van der Waals surface area contributed by atoms with Gasteiger partial charge in [-0.3, -0.25) is 4.98 Å². The van der Waals surface area contributed by atoms with Crippen molar-refractivity contribution in [3.8, 4) is 0 Å². The van der Waals surface area contributed by atoms with Crippen molar-refractivity contribution in [1.29, 1.82) is 0 Å². The van der Waals surface area contributed by atoms with Crippen LogP contribution in [0.4, 0.5) is 11.6 Å². The van der Waals surface area contributed by atoms with E-state index in [1.165, 1.54) is 5.56 Å². The second kappa shape index (κ2) is 6.13. The van der Waals surface area contributed by atoms with Crippen molar-refractivity contribution in [1.82, 2.24) is 15.0 Å². The maximum atomic E-state index is 4.45. The molecule has 2 rings (SSSR count). The van der Waals surface area contributed by atoms with E-state index in [2.05, 4.69) is 38.6 Å². The Morgan fingerprint density at radius 2 is 2.00 bits per heavy atom. The smallest absolute Gasteiger partial charge is 0.132 e. The van der Waals surface area contributed by atoms with Crippen LogP contribution in [0.1, 0.15) is 24.0 Å². The zero-order chi connectivity index (χ0) is 13.7. The predicted octanol–water partition coefficient (Wildman–Crippen LogP) is 2.40. The van der Waals surface area contributed by atoms with Gasteiger partial charge in [-0.1, -0.05) is 13.0 Å². The summed E-state index contributed by atoms with van der Waals surface area (Å²) < 4.78 is 0. The second-order valence-corrected chi connectivity index (χ2v) is 4.28. The summed E-state index contributed by atoms with van der Waals surface area (Å²) in [5, 5.41) is 6.34. The molecule has 0 bridgehead atoms. The van der Waals surface area contributed by atoms with E-state index in [0.717, 1.165) is 29.6 Å². The molecule has 2 N–H and O–H groups in total. The monoisotopic (exact) mass is 257 g/mol. The van der Waals surface area contributed by atoms with Crippen molar-refractivity contribution >= 4 is 11.6 Å². The third kappa shape index (κ3) is 3.40. The van der Waals surface area contributed by atoms with Gasteiger partial charge in [-0.15, -0.1) is 0 Å². The van der Waals surface area contributed by atoms with Crippen molar-refractivity contribution in [2.75, 3.05) is 17.7 Å². The average Bonchev–Trinajstić information content (AvgIpc) is 2.46. The third-order valence-corrected chi connectivity index (χ3v) is 2.90. The summed E-state index contributed by atoms with van der Waals surface area (Å²) in [6.07, 6.45) is 2.62. The fourth-order valence-corrected chi connectivity index (χ4v) is 1.75. The molecule has 19 heavy (non-hydrogen) atoms. The fraction of sp³-hybridized carbons (Fsp3) is 0.357. The van der Waals surface area contributed by atoms with E-state index in [4.69, 9.17) is 0 Å². The Labute approximate surface area is 113 Å². The van der Waals surface area contributed by atoms with Crippen LogP contribution in [-0.4, -0.2) is 22.0 Å². The van der Waals surface area contributed by atoms with Gasteiger partial charge in [0.05, 0.1) is 12.2 Å². The standard InChI is InChI=1S/C14H19N5/c1-4-12-18-13(15-3)8-14(19-12)17-9-11-10(2)6-5-7-16-11/h5-8H,4,9H2,1-3H3,(H2,15,17,18,19). The van der Waals surface area contributed by atoms with Crippen molar-refractivity contribution in [3.05, 3.63) is 41.5 Å². The van der Waals surface area contributed by atoms with E-state index >= 15 is 0 Å². The molecule has 5 nitrogen and oxygen atoms in total. The fourth-order valence-electron chi connectivity index (χ4n) is 1.75. The maximum Gasteiger partial charge on any atom is 0.132 e. The molecule has 0 aliphatic carbocycles. The SMILES string of the molecule is CCc1nc(NC)cc(NCc2ncccc2C)n1. The highest BCUT2D eigenvalue weighted by Gasteiger charge is 2.04. The number of nitrogens with one attached hydrogen (secondary N) is 2. The number of hydrogen-bond acceptors (Lipinski definition) is 5. The van der Waals surface area contributed by atoms with E-state index in [1.54, 1.807) is 6.20 Å². The van der Waals surface area contributed by atoms with Crippen LogP contribution in [0.3, 0.4) is 0 Å².